The second-order valence-electron chi connectivity index (χ2n) is 13.0. The van der Waals surface area contributed by atoms with Crippen LogP contribution in [0.15, 0.2) is 273 Å². The maximum Gasteiger partial charge on any atom is -0.0134 e. The van der Waals surface area contributed by atoms with Crippen molar-refractivity contribution in [2.24, 2.45) is 0 Å². The zero-order valence-electron chi connectivity index (χ0n) is 33.7. The molecule has 0 aliphatic carbocycles. The zero-order valence-corrected chi connectivity index (χ0v) is 38.8. The van der Waals surface area contributed by atoms with Crippen LogP contribution in [0, 0.1) is 0 Å². The Bertz CT molecular complexity index is 1890. The molecule has 9 rings (SSSR count). The van der Waals surface area contributed by atoms with E-state index in [4.69, 9.17) is 4.79 Å². The van der Waals surface area contributed by atoms with Crippen LogP contribution in [0.3, 0.4) is 0 Å². The van der Waals surface area contributed by atoms with Gasteiger partial charge in [-0.1, -0.05) is 273 Å². The van der Waals surface area contributed by atoms with Gasteiger partial charge in [-0.05, 0) is 71.5 Å². The number of rotatable bonds is 9. The van der Waals surface area contributed by atoms with Crippen molar-refractivity contribution in [3.05, 3.63) is 273 Å². The second-order valence-corrected chi connectivity index (χ2v) is 19.7. The summed E-state index contributed by atoms with van der Waals surface area (Å²) in [6.45, 7) is 2.00. The molecular formula is C55H47ClOP3Ru+. The van der Waals surface area contributed by atoms with E-state index in [0.717, 1.165) is 0 Å². The molecule has 302 valence electrons. The molecular weight excluding hydrogens is 906 g/mol. The molecule has 0 N–H and O–H groups in total. The Kier molecular flexibility index (Phi) is 21.3. The van der Waals surface area contributed by atoms with E-state index in [-0.39, 0.29) is 0 Å². The van der Waals surface area contributed by atoms with Gasteiger partial charge in [0, 0.05) is 0 Å². The first kappa shape index (κ1) is 46.9. The summed E-state index contributed by atoms with van der Waals surface area (Å²) in [4.78, 5) is 8.00. The summed E-state index contributed by atoms with van der Waals surface area (Å²) in [5.74, 6) is 0. The Morgan fingerprint density at radius 3 is 0.377 bits per heavy atom. The van der Waals surface area contributed by atoms with Gasteiger partial charge in [0.25, 0.3) is 0 Å². The first-order chi connectivity index (χ1) is 30.3. The molecule has 61 heavy (non-hydrogen) atoms. The molecule has 0 aromatic heterocycles. The normalized spacial score (nSPS) is 10.0. The molecule has 1 nitrogen and oxygen atoms in total. The van der Waals surface area contributed by atoms with Gasteiger partial charge in [-0.2, -0.15) is 0 Å². The maximum absolute atomic E-state index is 8.00. The van der Waals surface area contributed by atoms with Gasteiger partial charge < -0.3 is 4.79 Å². The number of carbonyl (C=O) groups excluding carboxylic acids is 1. The first-order valence-corrected chi connectivity index (χ1v) is 25.9. The van der Waals surface area contributed by atoms with E-state index in [0.29, 0.717) is 0 Å². The van der Waals surface area contributed by atoms with Crippen LogP contribution in [0.1, 0.15) is 0 Å². The average Bonchev–Trinajstić information content (AvgIpc) is 3.37. The minimum absolute atomic E-state index is 0.446. The van der Waals surface area contributed by atoms with Gasteiger partial charge in [0.05, 0.1) is 0 Å². The van der Waals surface area contributed by atoms with E-state index < -0.39 is 23.8 Å². The van der Waals surface area contributed by atoms with Gasteiger partial charge in [0.1, 0.15) is 6.79 Å². The van der Waals surface area contributed by atoms with Crippen molar-refractivity contribution in [2.75, 3.05) is 0 Å². The Morgan fingerprint density at radius 1 is 0.213 bits per heavy atom. The first-order valence-electron chi connectivity index (χ1n) is 19.6. The summed E-state index contributed by atoms with van der Waals surface area (Å²) in [7, 11) is 3.23. The summed E-state index contributed by atoms with van der Waals surface area (Å²) in [6, 6.07) is 97.0. The topological polar surface area (TPSA) is 17.1 Å². The number of benzene rings is 9. The van der Waals surface area contributed by atoms with Crippen LogP contribution < -0.4 is 47.7 Å². The minimum atomic E-state index is -0.446. The molecule has 0 heterocycles. The van der Waals surface area contributed by atoms with Gasteiger partial charge >= 0.3 is 27.0 Å². The molecule has 0 atom stereocenters. The van der Waals surface area contributed by atoms with Crippen LogP contribution >= 0.6 is 33.5 Å². The average molecular weight is 953 g/mol. The SMILES string of the molecule is C=O.[Cl][Ru+].c1ccc(P(c2ccccc2)c2ccccc2)cc1.c1ccc(P(c2ccccc2)c2ccccc2)cc1.c1ccc(P(c2ccccc2)c2ccccc2)cc1. The maximum atomic E-state index is 8.00. The summed E-state index contributed by atoms with van der Waals surface area (Å²) >= 11 is 1.82. The van der Waals surface area contributed by atoms with Crippen molar-refractivity contribution < 1.29 is 22.1 Å². The smallest absolute Gasteiger partial charge is 0.0134 e. The quantitative estimate of drug-likeness (QED) is 0.104. The molecule has 0 aliphatic heterocycles. The third-order valence-electron chi connectivity index (χ3n) is 9.13. The summed E-state index contributed by atoms with van der Waals surface area (Å²) in [6.07, 6.45) is 0. The molecule has 9 aromatic carbocycles. The third kappa shape index (κ3) is 14.5. The summed E-state index contributed by atoms with van der Waals surface area (Å²) in [5.41, 5.74) is 0. The van der Waals surface area contributed by atoms with Crippen LogP contribution in [0.25, 0.3) is 0 Å². The monoisotopic (exact) mass is 953 g/mol. The Morgan fingerprint density at radius 2 is 0.295 bits per heavy atom. The fraction of sp³-hybridized carbons (Fsp3) is 0. The van der Waals surface area contributed by atoms with Crippen molar-refractivity contribution in [2.45, 2.75) is 0 Å². The molecule has 9 aromatic rings. The molecule has 0 amide bonds. The summed E-state index contributed by atoms with van der Waals surface area (Å²) < 4.78 is 0. The van der Waals surface area contributed by atoms with Crippen molar-refractivity contribution >= 4 is 88.0 Å². The van der Waals surface area contributed by atoms with E-state index in [1.165, 1.54) is 47.7 Å². The Hall–Kier alpha value is -5.15. The number of hydrogen-bond donors (Lipinski definition) is 0. The predicted octanol–water partition coefficient (Wildman–Crippen LogP) is 10.8. The van der Waals surface area contributed by atoms with Gasteiger partial charge in [0.15, 0.2) is 0 Å². The van der Waals surface area contributed by atoms with E-state index in [2.05, 4.69) is 283 Å². The van der Waals surface area contributed by atoms with Crippen molar-refractivity contribution in [1.29, 1.82) is 0 Å². The molecule has 0 aliphatic rings. The molecule has 0 unspecified atom stereocenters. The third-order valence-corrected chi connectivity index (χ3v) is 16.5. The van der Waals surface area contributed by atoms with Crippen molar-refractivity contribution in [3.63, 3.8) is 0 Å². The number of halogens is 1. The number of hydrogen-bond acceptors (Lipinski definition) is 1. The van der Waals surface area contributed by atoms with Crippen molar-refractivity contribution in [3.8, 4) is 0 Å². The standard InChI is InChI=1S/3C18H15P.CH2O.ClH.Ru/c3*1-4-10-16(11-5-1)19(17-12-6-2-7-13-17)18-14-8-3-9-15-18;1-2;;/h3*1-15H;1H2;1H;/q;;;;;+2/p-1. The zero-order chi connectivity index (χ0) is 42.7. The van der Waals surface area contributed by atoms with Crippen LogP contribution in [0.5, 0.6) is 0 Å². The van der Waals surface area contributed by atoms with Gasteiger partial charge in [-0.3, -0.25) is 0 Å². The molecule has 0 fully saturated rings. The molecule has 0 saturated heterocycles. The van der Waals surface area contributed by atoms with Gasteiger partial charge in [-0.15, -0.1) is 0 Å². The summed E-state index contributed by atoms with van der Waals surface area (Å²) in [5, 5.41) is 12.6. The molecule has 0 radical (unpaired) electrons. The molecule has 6 heteroatoms. The van der Waals surface area contributed by atoms with Gasteiger partial charge in [-0.25, -0.2) is 0 Å². The van der Waals surface area contributed by atoms with Gasteiger partial charge in [0.2, 0.25) is 0 Å². The fourth-order valence-electron chi connectivity index (χ4n) is 6.54. The Balaban J connectivity index is 0.000000166. The fourth-order valence-corrected chi connectivity index (χ4v) is 13.5. The van der Waals surface area contributed by atoms with Crippen LogP contribution in [-0.4, -0.2) is 6.79 Å². The van der Waals surface area contributed by atoms with Crippen molar-refractivity contribution in [1.82, 2.24) is 0 Å². The largest absolute Gasteiger partial charge is 0.0622 e. The van der Waals surface area contributed by atoms with E-state index in [9.17, 15) is 0 Å². The number of carbonyl (C=O) groups is 1. The molecule has 0 spiro atoms. The van der Waals surface area contributed by atoms with E-state index >= 15 is 0 Å². The second kappa shape index (κ2) is 27.6. The van der Waals surface area contributed by atoms with Crippen LogP contribution in [0.4, 0.5) is 0 Å². The van der Waals surface area contributed by atoms with E-state index in [1.54, 1.807) is 0 Å². The predicted molar refractivity (Wildman–Crippen MR) is 268 cm³/mol. The minimum Gasteiger partial charge on any atom is -0.0622 e. The van der Waals surface area contributed by atoms with Crippen LogP contribution in [-0.2, 0) is 22.1 Å². The molecule has 0 bridgehead atoms. The molecule has 0 saturated carbocycles. The van der Waals surface area contributed by atoms with Crippen LogP contribution in [0.2, 0.25) is 0 Å². The Labute approximate surface area is 380 Å². The van der Waals surface area contributed by atoms with E-state index in [1.807, 2.05) is 24.1 Å².